The van der Waals surface area contributed by atoms with E-state index in [2.05, 4.69) is 0 Å². The molecular formula is C16H24N2O2S. The molecule has 5 heteroatoms. The molecule has 0 aliphatic carbocycles. The molecule has 116 valence electrons. The van der Waals surface area contributed by atoms with Gasteiger partial charge in [-0.15, -0.1) is 0 Å². The van der Waals surface area contributed by atoms with Crippen LogP contribution in [-0.2, 0) is 11.2 Å². The van der Waals surface area contributed by atoms with Gasteiger partial charge in [0.2, 0.25) is 5.91 Å². The Morgan fingerprint density at radius 1 is 1.29 bits per heavy atom. The molecule has 0 aliphatic heterocycles. The molecule has 0 aliphatic rings. The number of carbonyl (C=O) groups is 1. The van der Waals surface area contributed by atoms with Gasteiger partial charge in [-0.25, -0.2) is 0 Å². The zero-order chi connectivity index (χ0) is 16.0. The van der Waals surface area contributed by atoms with E-state index in [1.807, 2.05) is 49.9 Å². The third-order valence-corrected chi connectivity index (χ3v) is 3.41. The predicted molar refractivity (Wildman–Crippen MR) is 89.6 cm³/mol. The Kier molecular flexibility index (Phi) is 6.15. The summed E-state index contributed by atoms with van der Waals surface area (Å²) in [5, 5.41) is 0. The summed E-state index contributed by atoms with van der Waals surface area (Å²) < 4.78 is 5.12. The number of hydrogen-bond acceptors (Lipinski definition) is 3. The van der Waals surface area contributed by atoms with Crippen LogP contribution in [-0.4, -0.2) is 35.0 Å². The fourth-order valence-electron chi connectivity index (χ4n) is 2.07. The van der Waals surface area contributed by atoms with Gasteiger partial charge in [0, 0.05) is 18.5 Å². The number of rotatable bonds is 6. The summed E-state index contributed by atoms with van der Waals surface area (Å²) in [6, 6.07) is 7.54. The first-order valence-corrected chi connectivity index (χ1v) is 7.36. The maximum absolute atomic E-state index is 12.5. The van der Waals surface area contributed by atoms with Crippen molar-refractivity contribution in [3.63, 3.8) is 0 Å². The van der Waals surface area contributed by atoms with E-state index in [0.717, 1.165) is 11.3 Å². The second-order valence-electron chi connectivity index (χ2n) is 5.96. The van der Waals surface area contributed by atoms with Crippen LogP contribution in [0.1, 0.15) is 32.8 Å². The molecule has 2 N–H and O–H groups in total. The normalized spacial score (nSPS) is 11.0. The Hall–Kier alpha value is -1.62. The zero-order valence-electron chi connectivity index (χ0n) is 13.2. The van der Waals surface area contributed by atoms with Crippen LogP contribution in [0.15, 0.2) is 24.3 Å². The van der Waals surface area contributed by atoms with E-state index in [1.165, 1.54) is 0 Å². The molecule has 1 aromatic carbocycles. The first-order chi connectivity index (χ1) is 9.74. The summed E-state index contributed by atoms with van der Waals surface area (Å²) in [4.78, 5) is 14.8. The maximum Gasteiger partial charge on any atom is 0.227 e. The van der Waals surface area contributed by atoms with E-state index in [0.29, 0.717) is 24.4 Å². The van der Waals surface area contributed by atoms with Crippen molar-refractivity contribution in [2.45, 2.75) is 39.2 Å². The lowest BCUT2D eigenvalue weighted by molar-refractivity contribution is -0.135. The van der Waals surface area contributed by atoms with Crippen LogP contribution in [0.4, 0.5) is 0 Å². The van der Waals surface area contributed by atoms with E-state index < -0.39 is 0 Å². The van der Waals surface area contributed by atoms with Crippen LogP contribution in [0.3, 0.4) is 0 Å². The number of thiocarbonyl (C=S) groups is 1. The highest BCUT2D eigenvalue weighted by Gasteiger charge is 2.26. The molecule has 0 spiro atoms. The molecule has 0 saturated heterocycles. The predicted octanol–water partition coefficient (Wildman–Crippen LogP) is 2.54. The first-order valence-electron chi connectivity index (χ1n) is 6.95. The Balaban J connectivity index is 2.77. The topological polar surface area (TPSA) is 55.6 Å². The summed E-state index contributed by atoms with van der Waals surface area (Å²) in [5.74, 6) is 0.858. The summed E-state index contributed by atoms with van der Waals surface area (Å²) in [7, 11) is 1.62. The molecule has 0 bridgehead atoms. The third kappa shape index (κ3) is 5.71. The molecule has 0 unspecified atom stereocenters. The van der Waals surface area contributed by atoms with Gasteiger partial charge in [-0.1, -0.05) is 24.4 Å². The van der Waals surface area contributed by atoms with Gasteiger partial charge in [0.25, 0.3) is 0 Å². The monoisotopic (exact) mass is 308 g/mol. The number of hydrogen-bond donors (Lipinski definition) is 1. The molecule has 0 saturated carbocycles. The van der Waals surface area contributed by atoms with Gasteiger partial charge in [-0.2, -0.15) is 0 Å². The van der Waals surface area contributed by atoms with E-state index in [9.17, 15) is 4.79 Å². The molecule has 1 rings (SSSR count). The Morgan fingerprint density at radius 3 is 2.29 bits per heavy atom. The lowest BCUT2D eigenvalue weighted by atomic mass is 10.0. The highest BCUT2D eigenvalue weighted by Crippen LogP contribution is 2.17. The number of nitrogens with zero attached hydrogens (tertiary/aromatic N) is 1. The summed E-state index contributed by atoms with van der Waals surface area (Å²) in [5.41, 5.74) is 6.26. The average Bonchev–Trinajstić information content (AvgIpc) is 2.37. The Morgan fingerprint density at radius 2 is 1.86 bits per heavy atom. The van der Waals surface area contributed by atoms with Gasteiger partial charge in [-0.05, 0) is 38.5 Å². The maximum atomic E-state index is 12.5. The zero-order valence-corrected chi connectivity index (χ0v) is 14.0. The standard InChI is InChI=1S/C16H24N2O2S/c1-16(2,3)18(10-9-14(17)21)15(19)11-12-5-7-13(20-4)8-6-12/h5-8H,9-11H2,1-4H3,(H2,17,21). The van der Waals surface area contributed by atoms with E-state index in [-0.39, 0.29) is 11.4 Å². The largest absolute Gasteiger partial charge is 0.497 e. The highest BCUT2D eigenvalue weighted by molar-refractivity contribution is 7.80. The van der Waals surface area contributed by atoms with Gasteiger partial charge in [0.1, 0.15) is 5.75 Å². The van der Waals surface area contributed by atoms with Crippen LogP contribution in [0.5, 0.6) is 5.75 Å². The van der Waals surface area contributed by atoms with Crippen molar-refractivity contribution in [1.82, 2.24) is 4.90 Å². The van der Waals surface area contributed by atoms with Crippen LogP contribution < -0.4 is 10.5 Å². The fraction of sp³-hybridized carbons (Fsp3) is 0.500. The summed E-state index contributed by atoms with van der Waals surface area (Å²) in [6.45, 7) is 6.59. The Bertz CT molecular complexity index is 492. The molecular weight excluding hydrogens is 284 g/mol. The second-order valence-corrected chi connectivity index (χ2v) is 6.48. The van der Waals surface area contributed by atoms with E-state index >= 15 is 0 Å². The smallest absolute Gasteiger partial charge is 0.227 e. The van der Waals surface area contributed by atoms with Crippen LogP contribution in [0.25, 0.3) is 0 Å². The van der Waals surface area contributed by atoms with Crippen molar-refractivity contribution < 1.29 is 9.53 Å². The fourth-order valence-corrected chi connectivity index (χ4v) is 2.16. The van der Waals surface area contributed by atoms with Gasteiger partial charge >= 0.3 is 0 Å². The summed E-state index contributed by atoms with van der Waals surface area (Å²) >= 11 is 4.91. The SMILES string of the molecule is COc1ccc(CC(=O)N(CCC(N)=S)C(C)(C)C)cc1. The van der Waals surface area contributed by atoms with Crippen molar-refractivity contribution in [3.8, 4) is 5.75 Å². The molecule has 21 heavy (non-hydrogen) atoms. The second kappa shape index (κ2) is 7.41. The first kappa shape index (κ1) is 17.4. The summed E-state index contributed by atoms with van der Waals surface area (Å²) in [6.07, 6.45) is 0.902. The van der Waals surface area contributed by atoms with Crippen LogP contribution >= 0.6 is 12.2 Å². The number of methoxy groups -OCH3 is 1. The highest BCUT2D eigenvalue weighted by atomic mass is 32.1. The number of benzene rings is 1. The lowest BCUT2D eigenvalue weighted by Gasteiger charge is -2.36. The molecule has 0 heterocycles. The number of carbonyl (C=O) groups excluding carboxylic acids is 1. The van der Waals surface area contributed by atoms with Crippen molar-refractivity contribution in [1.29, 1.82) is 0 Å². The van der Waals surface area contributed by atoms with Gasteiger partial charge in [-0.3, -0.25) is 4.79 Å². The Labute approximate surface area is 132 Å². The van der Waals surface area contributed by atoms with Gasteiger partial charge in [0.15, 0.2) is 0 Å². The third-order valence-electron chi connectivity index (χ3n) is 3.21. The van der Waals surface area contributed by atoms with Crippen LogP contribution in [0, 0.1) is 0 Å². The number of ether oxygens (including phenoxy) is 1. The number of amides is 1. The molecule has 0 atom stereocenters. The minimum atomic E-state index is -0.256. The lowest BCUT2D eigenvalue weighted by Crippen LogP contribution is -2.47. The van der Waals surface area contributed by atoms with Gasteiger partial charge in [0.05, 0.1) is 18.5 Å². The van der Waals surface area contributed by atoms with Gasteiger partial charge < -0.3 is 15.4 Å². The van der Waals surface area contributed by atoms with Crippen molar-refractivity contribution in [3.05, 3.63) is 29.8 Å². The number of nitrogens with two attached hydrogens (primary N) is 1. The van der Waals surface area contributed by atoms with Crippen molar-refractivity contribution >= 4 is 23.1 Å². The molecule has 1 amide bonds. The minimum Gasteiger partial charge on any atom is -0.497 e. The molecule has 4 nitrogen and oxygen atoms in total. The average molecular weight is 308 g/mol. The quantitative estimate of drug-likeness (QED) is 0.821. The minimum absolute atomic E-state index is 0.0731. The van der Waals surface area contributed by atoms with Crippen molar-refractivity contribution in [2.24, 2.45) is 5.73 Å². The van der Waals surface area contributed by atoms with Crippen molar-refractivity contribution in [2.75, 3.05) is 13.7 Å². The van der Waals surface area contributed by atoms with E-state index in [1.54, 1.807) is 7.11 Å². The molecule has 0 fully saturated rings. The molecule has 0 aromatic heterocycles. The molecule has 0 radical (unpaired) electrons. The molecule has 1 aromatic rings. The van der Waals surface area contributed by atoms with E-state index in [4.69, 9.17) is 22.7 Å². The van der Waals surface area contributed by atoms with Crippen LogP contribution in [0.2, 0.25) is 0 Å².